The maximum Gasteiger partial charge on any atom is 0.237 e. The number of aryl methyl sites for hydroxylation is 1. The van der Waals surface area contributed by atoms with E-state index in [0.717, 1.165) is 25.7 Å². The molecule has 2 unspecified atom stereocenters. The summed E-state index contributed by atoms with van der Waals surface area (Å²) in [6, 6.07) is 0. The van der Waals surface area contributed by atoms with Crippen LogP contribution in [0.5, 0.6) is 0 Å². The molecule has 0 aliphatic heterocycles. The highest BCUT2D eigenvalue weighted by atomic mass is 16.5. The van der Waals surface area contributed by atoms with E-state index >= 15 is 0 Å². The molecular formula is C11H18N4O2. The highest BCUT2D eigenvalue weighted by Crippen LogP contribution is 2.36. The van der Waals surface area contributed by atoms with E-state index in [1.807, 2.05) is 6.92 Å². The number of nitrogens with one attached hydrogen (secondary N) is 1. The molecule has 1 aliphatic rings. The smallest absolute Gasteiger partial charge is 0.237 e. The maximum atomic E-state index is 11.7. The monoisotopic (exact) mass is 238 g/mol. The third kappa shape index (κ3) is 2.46. The van der Waals surface area contributed by atoms with Gasteiger partial charge in [-0.05, 0) is 12.8 Å². The van der Waals surface area contributed by atoms with Crippen LogP contribution in [0.15, 0.2) is 4.52 Å². The summed E-state index contributed by atoms with van der Waals surface area (Å²) in [7, 11) is 0. The van der Waals surface area contributed by atoms with Crippen molar-refractivity contribution in [2.24, 2.45) is 11.8 Å². The van der Waals surface area contributed by atoms with Crippen LogP contribution in [0.3, 0.4) is 0 Å². The van der Waals surface area contributed by atoms with Crippen molar-refractivity contribution in [2.45, 2.75) is 44.9 Å². The second kappa shape index (κ2) is 5.27. The van der Waals surface area contributed by atoms with Crippen LogP contribution in [0.2, 0.25) is 0 Å². The van der Waals surface area contributed by atoms with Gasteiger partial charge in [0.05, 0.1) is 0 Å². The summed E-state index contributed by atoms with van der Waals surface area (Å²) in [5.74, 6) is 6.26. The SMILES string of the molecule is CCc1nc(C2CCCCC2C(=O)NN)no1. The molecule has 6 nitrogen and oxygen atoms in total. The van der Waals surface area contributed by atoms with Crippen LogP contribution in [0.4, 0.5) is 0 Å². The molecule has 1 aliphatic carbocycles. The van der Waals surface area contributed by atoms with Crippen molar-refractivity contribution < 1.29 is 9.32 Å². The molecular weight excluding hydrogens is 220 g/mol. The number of carbonyl (C=O) groups is 1. The van der Waals surface area contributed by atoms with E-state index in [0.29, 0.717) is 18.1 Å². The molecule has 94 valence electrons. The Kier molecular flexibility index (Phi) is 3.73. The van der Waals surface area contributed by atoms with E-state index in [-0.39, 0.29) is 17.7 Å². The zero-order valence-electron chi connectivity index (χ0n) is 9.98. The molecule has 0 aromatic carbocycles. The summed E-state index contributed by atoms with van der Waals surface area (Å²) >= 11 is 0. The fourth-order valence-corrected chi connectivity index (χ4v) is 2.42. The van der Waals surface area contributed by atoms with Crippen molar-refractivity contribution in [1.82, 2.24) is 15.6 Å². The van der Waals surface area contributed by atoms with Crippen LogP contribution >= 0.6 is 0 Å². The minimum atomic E-state index is -0.129. The first kappa shape index (κ1) is 12.0. The summed E-state index contributed by atoms with van der Waals surface area (Å²) in [6.45, 7) is 1.96. The molecule has 1 amide bonds. The Bertz CT molecular complexity index is 391. The summed E-state index contributed by atoms with van der Waals surface area (Å²) in [5.41, 5.74) is 2.23. The molecule has 2 atom stereocenters. The van der Waals surface area contributed by atoms with E-state index in [2.05, 4.69) is 15.6 Å². The fraction of sp³-hybridized carbons (Fsp3) is 0.727. The van der Waals surface area contributed by atoms with Crippen LogP contribution in [-0.4, -0.2) is 16.0 Å². The molecule has 0 spiro atoms. The summed E-state index contributed by atoms with van der Waals surface area (Å²) in [6.07, 6.45) is 4.61. The molecule has 1 saturated carbocycles. The molecule has 1 aromatic rings. The maximum absolute atomic E-state index is 11.7. The Morgan fingerprint density at radius 2 is 2.29 bits per heavy atom. The van der Waals surface area contributed by atoms with Gasteiger partial charge in [-0.1, -0.05) is 24.9 Å². The molecule has 1 aromatic heterocycles. The van der Waals surface area contributed by atoms with Gasteiger partial charge in [-0.3, -0.25) is 10.2 Å². The lowest BCUT2D eigenvalue weighted by atomic mass is 9.78. The van der Waals surface area contributed by atoms with Crippen LogP contribution in [0.1, 0.15) is 50.2 Å². The number of hydrogen-bond donors (Lipinski definition) is 2. The lowest BCUT2D eigenvalue weighted by Gasteiger charge is -2.27. The molecule has 3 N–H and O–H groups in total. The fourth-order valence-electron chi connectivity index (χ4n) is 2.42. The Morgan fingerprint density at radius 1 is 1.53 bits per heavy atom. The number of hydrogen-bond acceptors (Lipinski definition) is 5. The molecule has 0 saturated heterocycles. The zero-order valence-corrected chi connectivity index (χ0v) is 9.98. The van der Waals surface area contributed by atoms with Gasteiger partial charge in [0.2, 0.25) is 11.8 Å². The topological polar surface area (TPSA) is 94.0 Å². The van der Waals surface area contributed by atoms with Gasteiger partial charge < -0.3 is 4.52 Å². The van der Waals surface area contributed by atoms with Crippen LogP contribution in [-0.2, 0) is 11.2 Å². The van der Waals surface area contributed by atoms with Gasteiger partial charge >= 0.3 is 0 Å². The Hall–Kier alpha value is -1.43. The minimum Gasteiger partial charge on any atom is -0.339 e. The summed E-state index contributed by atoms with van der Waals surface area (Å²) < 4.78 is 5.10. The van der Waals surface area contributed by atoms with Gasteiger partial charge in [0.25, 0.3) is 0 Å². The molecule has 1 fully saturated rings. The number of nitrogens with two attached hydrogens (primary N) is 1. The van der Waals surface area contributed by atoms with Gasteiger partial charge in [0.15, 0.2) is 5.82 Å². The first-order valence-corrected chi connectivity index (χ1v) is 6.09. The van der Waals surface area contributed by atoms with E-state index in [9.17, 15) is 4.79 Å². The van der Waals surface area contributed by atoms with Crippen LogP contribution in [0.25, 0.3) is 0 Å². The predicted molar refractivity (Wildman–Crippen MR) is 60.7 cm³/mol. The zero-order chi connectivity index (χ0) is 12.3. The van der Waals surface area contributed by atoms with Gasteiger partial charge in [0.1, 0.15) is 0 Å². The second-order valence-electron chi connectivity index (χ2n) is 4.41. The standard InChI is InChI=1S/C11H18N4O2/c1-2-9-13-10(15-17-9)7-5-3-4-6-8(7)11(16)14-12/h7-8H,2-6,12H2,1H3,(H,14,16). The molecule has 17 heavy (non-hydrogen) atoms. The highest BCUT2D eigenvalue weighted by molar-refractivity contribution is 5.79. The number of aromatic nitrogens is 2. The number of nitrogens with zero attached hydrogens (tertiary/aromatic N) is 2. The van der Waals surface area contributed by atoms with E-state index < -0.39 is 0 Å². The Morgan fingerprint density at radius 3 is 2.94 bits per heavy atom. The molecule has 2 rings (SSSR count). The average molecular weight is 238 g/mol. The number of hydrazine groups is 1. The van der Waals surface area contributed by atoms with Crippen molar-refractivity contribution in [3.63, 3.8) is 0 Å². The number of amides is 1. The lowest BCUT2D eigenvalue weighted by Crippen LogP contribution is -2.39. The van der Waals surface area contributed by atoms with E-state index in [1.165, 1.54) is 0 Å². The lowest BCUT2D eigenvalue weighted by molar-refractivity contribution is -0.126. The second-order valence-corrected chi connectivity index (χ2v) is 4.41. The summed E-state index contributed by atoms with van der Waals surface area (Å²) in [4.78, 5) is 16.0. The third-order valence-electron chi connectivity index (χ3n) is 3.36. The Balaban J connectivity index is 2.18. The first-order valence-electron chi connectivity index (χ1n) is 6.09. The first-order chi connectivity index (χ1) is 8.26. The van der Waals surface area contributed by atoms with Crippen molar-refractivity contribution in [3.05, 3.63) is 11.7 Å². The number of rotatable bonds is 3. The van der Waals surface area contributed by atoms with Gasteiger partial charge in [-0.15, -0.1) is 0 Å². The van der Waals surface area contributed by atoms with Gasteiger partial charge in [0, 0.05) is 18.3 Å². The highest BCUT2D eigenvalue weighted by Gasteiger charge is 2.34. The van der Waals surface area contributed by atoms with E-state index in [4.69, 9.17) is 10.4 Å². The Labute approximate surface area is 99.9 Å². The third-order valence-corrected chi connectivity index (χ3v) is 3.36. The summed E-state index contributed by atoms with van der Waals surface area (Å²) in [5, 5.41) is 3.97. The van der Waals surface area contributed by atoms with Crippen molar-refractivity contribution in [2.75, 3.05) is 0 Å². The van der Waals surface area contributed by atoms with Crippen LogP contribution < -0.4 is 11.3 Å². The molecule has 1 heterocycles. The predicted octanol–water partition coefficient (Wildman–Crippen LogP) is 0.896. The average Bonchev–Trinajstić information content (AvgIpc) is 2.86. The molecule has 0 bridgehead atoms. The van der Waals surface area contributed by atoms with Crippen LogP contribution in [0, 0.1) is 5.92 Å². The largest absolute Gasteiger partial charge is 0.339 e. The van der Waals surface area contributed by atoms with Crippen molar-refractivity contribution in [3.8, 4) is 0 Å². The molecule has 6 heteroatoms. The molecule has 0 radical (unpaired) electrons. The van der Waals surface area contributed by atoms with Crippen molar-refractivity contribution >= 4 is 5.91 Å². The quantitative estimate of drug-likeness (QED) is 0.463. The van der Waals surface area contributed by atoms with Gasteiger partial charge in [-0.25, -0.2) is 5.84 Å². The number of carbonyl (C=O) groups excluding carboxylic acids is 1. The van der Waals surface area contributed by atoms with Gasteiger partial charge in [-0.2, -0.15) is 4.98 Å². The minimum absolute atomic E-state index is 0.0383. The van der Waals surface area contributed by atoms with E-state index in [1.54, 1.807) is 0 Å². The normalized spacial score (nSPS) is 24.6. The van der Waals surface area contributed by atoms with Crippen molar-refractivity contribution in [1.29, 1.82) is 0 Å².